The molecule has 18 heavy (non-hydrogen) atoms. The summed E-state index contributed by atoms with van der Waals surface area (Å²) in [5, 5.41) is 8.72. The van der Waals surface area contributed by atoms with E-state index in [2.05, 4.69) is 4.98 Å². The highest BCUT2D eigenvalue weighted by Crippen LogP contribution is 2.24. The number of carbonyl (C=O) groups is 1. The van der Waals surface area contributed by atoms with Crippen molar-refractivity contribution in [3.63, 3.8) is 0 Å². The second-order valence-electron chi connectivity index (χ2n) is 4.02. The van der Waals surface area contributed by atoms with Gasteiger partial charge in [-0.3, -0.25) is 4.79 Å². The van der Waals surface area contributed by atoms with Crippen molar-refractivity contribution in [2.45, 2.75) is 13.3 Å². The molecule has 1 heterocycles. The fourth-order valence-electron chi connectivity index (χ4n) is 1.74. The summed E-state index contributed by atoms with van der Waals surface area (Å²) < 4.78 is 7.05. The first-order chi connectivity index (χ1) is 8.60. The molecule has 0 atom stereocenters. The highest BCUT2D eigenvalue weighted by atomic mass is 16.5. The molecule has 0 bridgehead atoms. The monoisotopic (exact) mass is 246 g/mol. The highest BCUT2D eigenvalue weighted by Gasteiger charge is 2.09. The number of carboxylic acids is 1. The number of hydrogen-bond donors (Lipinski definition) is 1. The second-order valence-corrected chi connectivity index (χ2v) is 4.02. The molecule has 94 valence electrons. The van der Waals surface area contributed by atoms with Gasteiger partial charge in [0.1, 0.15) is 5.75 Å². The molecule has 0 saturated carbocycles. The number of aromatic nitrogens is 2. The van der Waals surface area contributed by atoms with Crippen molar-refractivity contribution in [1.82, 2.24) is 9.55 Å². The van der Waals surface area contributed by atoms with Crippen molar-refractivity contribution in [2.75, 3.05) is 7.11 Å². The first kappa shape index (κ1) is 12.2. The Hall–Kier alpha value is -2.30. The van der Waals surface area contributed by atoms with E-state index < -0.39 is 5.97 Å². The number of hydrogen-bond acceptors (Lipinski definition) is 3. The summed E-state index contributed by atoms with van der Waals surface area (Å²) in [7, 11) is 1.60. The van der Waals surface area contributed by atoms with Crippen LogP contribution in [-0.2, 0) is 11.2 Å². The lowest BCUT2D eigenvalue weighted by atomic mass is 10.2. The summed E-state index contributed by atoms with van der Waals surface area (Å²) in [6, 6.07) is 5.80. The predicted octanol–water partition coefficient (Wildman–Crippen LogP) is 1.82. The van der Waals surface area contributed by atoms with Gasteiger partial charge in [0.2, 0.25) is 0 Å². The molecule has 1 N–H and O–H groups in total. The SMILES string of the molecule is COc1ccc(C)cc1-n1cnc(CC(=O)O)c1. The predicted molar refractivity (Wildman–Crippen MR) is 66.2 cm³/mol. The number of aliphatic carboxylic acids is 1. The van der Waals surface area contributed by atoms with Gasteiger partial charge < -0.3 is 14.4 Å². The van der Waals surface area contributed by atoms with Crippen LogP contribution in [0.3, 0.4) is 0 Å². The quantitative estimate of drug-likeness (QED) is 0.893. The van der Waals surface area contributed by atoms with Crippen LogP contribution in [-0.4, -0.2) is 27.7 Å². The number of benzene rings is 1. The minimum absolute atomic E-state index is 0.0822. The second kappa shape index (κ2) is 4.91. The summed E-state index contributed by atoms with van der Waals surface area (Å²) in [6.45, 7) is 1.98. The van der Waals surface area contributed by atoms with Crippen molar-refractivity contribution in [1.29, 1.82) is 0 Å². The molecule has 0 amide bonds. The van der Waals surface area contributed by atoms with Gasteiger partial charge in [0, 0.05) is 6.20 Å². The van der Waals surface area contributed by atoms with Crippen LogP contribution in [0.1, 0.15) is 11.3 Å². The molecule has 0 spiro atoms. The van der Waals surface area contributed by atoms with Gasteiger partial charge in [-0.05, 0) is 24.6 Å². The van der Waals surface area contributed by atoms with Crippen molar-refractivity contribution < 1.29 is 14.6 Å². The van der Waals surface area contributed by atoms with Gasteiger partial charge in [-0.25, -0.2) is 4.98 Å². The first-order valence-electron chi connectivity index (χ1n) is 5.50. The molecule has 5 heteroatoms. The number of rotatable bonds is 4. The summed E-state index contributed by atoms with van der Waals surface area (Å²) >= 11 is 0. The van der Waals surface area contributed by atoms with E-state index in [0.717, 1.165) is 17.0 Å². The molecule has 1 aromatic heterocycles. The lowest BCUT2D eigenvalue weighted by Crippen LogP contribution is -2.00. The number of carboxylic acid groups (broad SMARTS) is 1. The van der Waals surface area contributed by atoms with Crippen LogP contribution in [0.15, 0.2) is 30.7 Å². The molecule has 0 radical (unpaired) electrons. The Labute approximate surface area is 105 Å². The van der Waals surface area contributed by atoms with Crippen molar-refractivity contribution in [3.05, 3.63) is 42.0 Å². The van der Waals surface area contributed by atoms with E-state index >= 15 is 0 Å². The lowest BCUT2D eigenvalue weighted by Gasteiger charge is -2.09. The van der Waals surface area contributed by atoms with Crippen LogP contribution in [0.2, 0.25) is 0 Å². The Morgan fingerprint density at radius 1 is 1.50 bits per heavy atom. The van der Waals surface area contributed by atoms with Gasteiger partial charge in [0.05, 0.1) is 31.2 Å². The van der Waals surface area contributed by atoms with E-state index in [0.29, 0.717) is 5.69 Å². The zero-order valence-electron chi connectivity index (χ0n) is 10.3. The first-order valence-corrected chi connectivity index (χ1v) is 5.50. The van der Waals surface area contributed by atoms with Crippen LogP contribution in [0.5, 0.6) is 5.75 Å². The van der Waals surface area contributed by atoms with E-state index in [9.17, 15) is 4.79 Å². The lowest BCUT2D eigenvalue weighted by molar-refractivity contribution is -0.136. The van der Waals surface area contributed by atoms with E-state index in [1.54, 1.807) is 24.2 Å². The molecular weight excluding hydrogens is 232 g/mol. The summed E-state index contributed by atoms with van der Waals surface area (Å²) in [5.74, 6) is -0.170. The Balaban J connectivity index is 2.38. The maximum absolute atomic E-state index is 10.6. The third-order valence-corrected chi connectivity index (χ3v) is 2.58. The van der Waals surface area contributed by atoms with Gasteiger partial charge in [-0.1, -0.05) is 6.07 Å². The van der Waals surface area contributed by atoms with Gasteiger partial charge in [-0.2, -0.15) is 0 Å². The molecule has 0 saturated heterocycles. The molecule has 0 aliphatic heterocycles. The van der Waals surface area contributed by atoms with Crippen LogP contribution in [0, 0.1) is 6.92 Å². The fraction of sp³-hybridized carbons (Fsp3) is 0.231. The Morgan fingerprint density at radius 2 is 2.28 bits per heavy atom. The Morgan fingerprint density at radius 3 is 2.94 bits per heavy atom. The topological polar surface area (TPSA) is 64.4 Å². The van der Waals surface area contributed by atoms with Crippen molar-refractivity contribution >= 4 is 5.97 Å². The third-order valence-electron chi connectivity index (χ3n) is 2.58. The van der Waals surface area contributed by atoms with Crippen molar-refractivity contribution in [3.8, 4) is 11.4 Å². The number of nitrogens with zero attached hydrogens (tertiary/aromatic N) is 2. The summed E-state index contributed by atoms with van der Waals surface area (Å²) in [6.07, 6.45) is 3.21. The van der Waals surface area contributed by atoms with Crippen LogP contribution >= 0.6 is 0 Å². The number of ether oxygens (including phenoxy) is 1. The smallest absolute Gasteiger partial charge is 0.309 e. The average molecular weight is 246 g/mol. The molecule has 2 aromatic rings. The van der Waals surface area contributed by atoms with E-state index in [4.69, 9.17) is 9.84 Å². The third kappa shape index (κ3) is 2.51. The van der Waals surface area contributed by atoms with E-state index in [-0.39, 0.29) is 6.42 Å². The normalized spacial score (nSPS) is 10.3. The van der Waals surface area contributed by atoms with Gasteiger partial charge in [0.25, 0.3) is 0 Å². The van der Waals surface area contributed by atoms with Gasteiger partial charge in [0.15, 0.2) is 0 Å². The molecular formula is C13H14N2O3. The number of aryl methyl sites for hydroxylation is 1. The zero-order valence-corrected chi connectivity index (χ0v) is 10.3. The van der Waals surface area contributed by atoms with Crippen molar-refractivity contribution in [2.24, 2.45) is 0 Å². The van der Waals surface area contributed by atoms with Crippen LogP contribution < -0.4 is 4.74 Å². The standard InChI is InChI=1S/C13H14N2O3/c1-9-3-4-12(18-2)11(5-9)15-7-10(14-8-15)6-13(16)17/h3-5,7-8H,6H2,1-2H3,(H,16,17). The highest BCUT2D eigenvalue weighted by molar-refractivity contribution is 5.69. The van der Waals surface area contributed by atoms with Gasteiger partial charge in [-0.15, -0.1) is 0 Å². The summed E-state index contributed by atoms with van der Waals surface area (Å²) in [5.41, 5.74) is 2.46. The minimum atomic E-state index is -0.892. The average Bonchev–Trinajstić information content (AvgIpc) is 2.76. The number of imidazole rings is 1. The minimum Gasteiger partial charge on any atom is -0.495 e. The Bertz CT molecular complexity index is 575. The number of methoxy groups -OCH3 is 1. The Kier molecular flexibility index (Phi) is 3.32. The molecule has 0 unspecified atom stereocenters. The zero-order chi connectivity index (χ0) is 13.1. The van der Waals surface area contributed by atoms with Crippen LogP contribution in [0.25, 0.3) is 5.69 Å². The van der Waals surface area contributed by atoms with E-state index in [1.165, 1.54) is 0 Å². The van der Waals surface area contributed by atoms with E-state index in [1.807, 2.05) is 25.1 Å². The fourth-order valence-corrected chi connectivity index (χ4v) is 1.74. The maximum atomic E-state index is 10.6. The molecule has 0 aliphatic carbocycles. The molecule has 0 aliphatic rings. The van der Waals surface area contributed by atoms with Gasteiger partial charge >= 0.3 is 5.97 Å². The molecule has 0 fully saturated rings. The molecule has 2 rings (SSSR count). The molecule has 5 nitrogen and oxygen atoms in total. The summed E-state index contributed by atoms with van der Waals surface area (Å²) in [4.78, 5) is 14.7. The maximum Gasteiger partial charge on any atom is 0.309 e. The largest absolute Gasteiger partial charge is 0.495 e. The van der Waals surface area contributed by atoms with Crippen LogP contribution in [0.4, 0.5) is 0 Å². The molecule has 1 aromatic carbocycles.